The van der Waals surface area contributed by atoms with Crippen molar-refractivity contribution in [1.29, 1.82) is 0 Å². The maximum absolute atomic E-state index is 8.74. The molecule has 0 saturated carbocycles. The van der Waals surface area contributed by atoms with Crippen LogP contribution in [0.3, 0.4) is 0 Å². The largest absolute Gasteiger partial charge is 1.00 e. The van der Waals surface area contributed by atoms with Crippen molar-refractivity contribution in [2.45, 2.75) is 0 Å². The van der Waals surface area contributed by atoms with Gasteiger partial charge in [0.2, 0.25) is 0 Å². The molecule has 40 valence electrons. The summed E-state index contributed by atoms with van der Waals surface area (Å²) in [5, 5.41) is 0. The minimum absolute atomic E-state index is 0. The fourth-order valence-electron chi connectivity index (χ4n) is 0. The van der Waals surface area contributed by atoms with E-state index in [-0.39, 0.29) is 70.2 Å². The Kier molecular flexibility index (Phi) is 14.1. The third-order valence-electron chi connectivity index (χ3n) is 0. The van der Waals surface area contributed by atoms with Crippen LogP contribution in [-0.4, -0.2) is 17.5 Å². The van der Waals surface area contributed by atoms with Gasteiger partial charge in [0.05, 0.1) is 0 Å². The normalized spacial score (nSPS) is 8.29. The molecular weight excluding hydrogens is 187 g/mol. The van der Waals surface area contributed by atoms with Crippen LogP contribution in [0, 0.1) is 0 Å². The van der Waals surface area contributed by atoms with E-state index >= 15 is 0 Å². The van der Waals surface area contributed by atoms with E-state index in [0.29, 0.717) is 0 Å². The van der Waals surface area contributed by atoms with Crippen LogP contribution in [0.2, 0.25) is 0 Å². The summed E-state index contributed by atoms with van der Waals surface area (Å²) in [7, 11) is -4.67. The molecule has 0 bridgehead atoms. The summed E-state index contributed by atoms with van der Waals surface area (Å²) in [5.74, 6) is 0. The number of rotatable bonds is 0. The van der Waals surface area contributed by atoms with Gasteiger partial charge in [-0.25, -0.2) is 0 Å². The molecule has 2 N–H and O–H groups in total. The second-order valence-corrected chi connectivity index (χ2v) is 1.34. The molecule has 0 spiro atoms. The molecule has 7 heteroatoms. The fourth-order valence-corrected chi connectivity index (χ4v) is 0. The van der Waals surface area contributed by atoms with Crippen molar-refractivity contribution in [3.05, 3.63) is 0 Å². The topological polar surface area (TPSA) is 74.6 Å². The predicted octanol–water partition coefficient (Wildman–Crippen LogP) is -3.54. The molecule has 0 heterocycles. The summed E-state index contributed by atoms with van der Waals surface area (Å²) in [6, 6.07) is 0. The summed E-state index contributed by atoms with van der Waals surface area (Å²) in [5.41, 5.74) is 0. The van der Waals surface area contributed by atoms with Crippen LogP contribution >= 0.6 is 0 Å². The van der Waals surface area contributed by atoms with Crippen molar-refractivity contribution in [3.63, 3.8) is 0 Å². The minimum Gasteiger partial charge on any atom is -1.00 e. The monoisotopic (exact) mass is 190 g/mol. The van der Waals surface area contributed by atoms with Crippen LogP contribution in [0.1, 0.15) is 1.43 Å². The Bertz CT molecular complexity index is 99.2. The molecule has 0 fully saturated rings. The fraction of sp³-hybridized carbons (Fsp3) is 0. The molecule has 0 aromatic rings. The first-order chi connectivity index (χ1) is 2.00. The molecule has 0 aliphatic rings. The molecule has 0 atom stereocenters. The first-order valence-electron chi connectivity index (χ1n) is 0.698. The zero-order valence-electron chi connectivity index (χ0n) is 4.53. The summed E-state index contributed by atoms with van der Waals surface area (Å²) in [4.78, 5) is 0. The van der Waals surface area contributed by atoms with Crippen molar-refractivity contribution in [2.24, 2.45) is 0 Å². The third kappa shape index (κ3) is 70.5. The van der Waals surface area contributed by atoms with Gasteiger partial charge in [0.25, 0.3) is 0 Å². The van der Waals surface area contributed by atoms with E-state index in [9.17, 15) is 0 Å². The van der Waals surface area contributed by atoms with E-state index in [1.165, 1.54) is 0 Å². The smallest absolute Gasteiger partial charge is 1.00 e. The summed E-state index contributed by atoms with van der Waals surface area (Å²) >= 11 is 0. The summed E-state index contributed by atoms with van der Waals surface area (Å²) in [6.45, 7) is 0. The molecule has 0 radical (unpaired) electrons. The SMILES string of the molecule is O=S(=O)(O)O.[Cr].[H-].[K+]. The van der Waals surface area contributed by atoms with E-state index in [4.69, 9.17) is 17.5 Å². The molecule has 4 nitrogen and oxygen atoms in total. The van der Waals surface area contributed by atoms with Crippen LogP contribution in [0.5, 0.6) is 0 Å². The van der Waals surface area contributed by atoms with Gasteiger partial charge in [-0.05, 0) is 0 Å². The Morgan fingerprint density at radius 1 is 1.29 bits per heavy atom. The second-order valence-electron chi connectivity index (χ2n) is 0.448. The molecule has 0 amide bonds. The van der Waals surface area contributed by atoms with Crippen LogP contribution < -0.4 is 51.4 Å². The Labute approximate surface area is 96.3 Å². The van der Waals surface area contributed by atoms with Crippen LogP contribution in [-0.2, 0) is 27.8 Å². The van der Waals surface area contributed by atoms with Gasteiger partial charge < -0.3 is 1.43 Å². The van der Waals surface area contributed by atoms with Crippen LogP contribution in [0.4, 0.5) is 0 Å². The van der Waals surface area contributed by atoms with Gasteiger partial charge >= 0.3 is 61.8 Å². The molecule has 0 saturated heterocycles. The third-order valence-corrected chi connectivity index (χ3v) is 0. The van der Waals surface area contributed by atoms with Crippen LogP contribution in [0.15, 0.2) is 0 Å². The molecular formula is H3CrKO4S. The van der Waals surface area contributed by atoms with Gasteiger partial charge in [-0.2, -0.15) is 8.42 Å². The molecule has 7 heavy (non-hydrogen) atoms. The maximum atomic E-state index is 8.74. The second kappa shape index (κ2) is 6.16. The van der Waals surface area contributed by atoms with E-state index < -0.39 is 10.4 Å². The van der Waals surface area contributed by atoms with Crippen molar-refractivity contribution in [2.75, 3.05) is 0 Å². The van der Waals surface area contributed by atoms with Gasteiger partial charge in [-0.3, -0.25) is 9.11 Å². The Morgan fingerprint density at radius 3 is 1.29 bits per heavy atom. The quantitative estimate of drug-likeness (QED) is 0.306. The minimum atomic E-state index is -4.67. The Hall–Kier alpha value is 2.04. The van der Waals surface area contributed by atoms with E-state index in [2.05, 4.69) is 0 Å². The van der Waals surface area contributed by atoms with Crippen molar-refractivity contribution in [3.8, 4) is 0 Å². The number of hydrogen-bond donors (Lipinski definition) is 2. The van der Waals surface area contributed by atoms with Gasteiger partial charge in [0, 0.05) is 17.4 Å². The first kappa shape index (κ1) is 16.0. The molecule has 0 rings (SSSR count). The van der Waals surface area contributed by atoms with Gasteiger partial charge in [0.15, 0.2) is 0 Å². The molecule has 0 aromatic heterocycles. The summed E-state index contributed by atoms with van der Waals surface area (Å²) < 4.78 is 31.6. The standard InChI is InChI=1S/Cr.K.H2O4S.H/c;;1-5(2,3)4;/h;;(H2,1,2,3,4);/q;+1;;-1. The number of hydrogen-bond acceptors (Lipinski definition) is 2. The van der Waals surface area contributed by atoms with Gasteiger partial charge in [-0.15, -0.1) is 0 Å². The maximum Gasteiger partial charge on any atom is 1.00 e. The Balaban J connectivity index is -0.0000000267. The van der Waals surface area contributed by atoms with Gasteiger partial charge in [0.1, 0.15) is 0 Å². The average Bonchev–Trinajstić information content (AvgIpc) is 0.722. The molecule has 0 unspecified atom stereocenters. The average molecular weight is 190 g/mol. The van der Waals surface area contributed by atoms with E-state index in [1.807, 2.05) is 0 Å². The van der Waals surface area contributed by atoms with E-state index in [0.717, 1.165) is 0 Å². The molecule has 0 aromatic carbocycles. The van der Waals surface area contributed by atoms with Crippen molar-refractivity contribution in [1.82, 2.24) is 0 Å². The van der Waals surface area contributed by atoms with Crippen LogP contribution in [0.25, 0.3) is 0 Å². The van der Waals surface area contributed by atoms with Gasteiger partial charge in [-0.1, -0.05) is 0 Å². The molecule has 0 aliphatic carbocycles. The zero-order chi connectivity index (χ0) is 4.50. The molecule has 0 aliphatic heterocycles. The predicted molar refractivity (Wildman–Crippen MR) is 15.3 cm³/mol. The zero-order valence-corrected chi connectivity index (χ0v) is 8.74. The van der Waals surface area contributed by atoms with Crippen molar-refractivity contribution < 1.29 is 87.7 Å². The van der Waals surface area contributed by atoms with Crippen molar-refractivity contribution >= 4 is 10.4 Å². The summed E-state index contributed by atoms with van der Waals surface area (Å²) in [6.07, 6.45) is 0. The van der Waals surface area contributed by atoms with E-state index in [1.54, 1.807) is 0 Å². The first-order valence-corrected chi connectivity index (χ1v) is 2.10. The Morgan fingerprint density at radius 2 is 1.29 bits per heavy atom.